The van der Waals surface area contributed by atoms with E-state index < -0.39 is 37.1 Å². The molecule has 30 heavy (non-hydrogen) atoms. The second-order valence-electron chi connectivity index (χ2n) is 7.01. The van der Waals surface area contributed by atoms with Crippen LogP contribution in [-0.4, -0.2) is 56.4 Å². The minimum absolute atomic E-state index is 0.474. The van der Waals surface area contributed by atoms with Crippen molar-refractivity contribution in [1.29, 1.82) is 0 Å². The number of thiazole rings is 1. The van der Waals surface area contributed by atoms with E-state index in [0.29, 0.717) is 21.3 Å². The molecule has 0 spiro atoms. The van der Waals surface area contributed by atoms with Crippen LogP contribution in [0.25, 0.3) is 9.88 Å². The van der Waals surface area contributed by atoms with Gasteiger partial charge in [-0.15, -0.1) is 22.7 Å². The molecule has 10 heteroatoms. The molecule has 1 aliphatic rings. The molecule has 3 heterocycles. The van der Waals surface area contributed by atoms with Gasteiger partial charge in [-0.3, -0.25) is 0 Å². The minimum atomic E-state index is -1.43. The average molecular weight is 488 g/mol. The van der Waals surface area contributed by atoms with Crippen molar-refractivity contribution in [3.63, 3.8) is 0 Å². The molecule has 1 saturated heterocycles. The number of thiophene rings is 1. The number of aromatic nitrogens is 1. The van der Waals surface area contributed by atoms with E-state index >= 15 is 0 Å². The van der Waals surface area contributed by atoms with Gasteiger partial charge in [-0.1, -0.05) is 35.3 Å². The number of nitrogens with zero attached hydrogens (tertiary/aromatic N) is 1. The highest BCUT2D eigenvalue weighted by Crippen LogP contribution is 2.37. The molecule has 0 aliphatic carbocycles. The third kappa shape index (κ3) is 4.43. The van der Waals surface area contributed by atoms with Gasteiger partial charge in [-0.05, 0) is 29.3 Å². The van der Waals surface area contributed by atoms with E-state index in [9.17, 15) is 20.4 Å². The summed E-state index contributed by atoms with van der Waals surface area (Å²) in [4.78, 5) is 6.46. The standard InChI is InChI=1S/C20H19Cl2NO5S2/c21-12-2-1-9(19-18(27)17(26)16(25)13(8-24)28-19)5-10(12)6-11-7-23-20(29-11)14-3-4-15(22)30-14/h1-5,7,13,16-19,24-27H,6,8H2/t13-,16-,17+,18-,19+/m1/s1. The number of rotatable bonds is 5. The quantitative estimate of drug-likeness (QED) is 0.440. The Morgan fingerprint density at radius 2 is 1.80 bits per heavy atom. The monoisotopic (exact) mass is 487 g/mol. The maximum Gasteiger partial charge on any atom is 0.133 e. The van der Waals surface area contributed by atoms with Gasteiger partial charge in [0, 0.05) is 22.5 Å². The molecule has 6 nitrogen and oxygen atoms in total. The van der Waals surface area contributed by atoms with Crippen molar-refractivity contribution < 1.29 is 25.2 Å². The number of hydrogen-bond donors (Lipinski definition) is 4. The highest BCUT2D eigenvalue weighted by Gasteiger charge is 2.44. The molecule has 5 atom stereocenters. The summed E-state index contributed by atoms with van der Waals surface area (Å²) in [6, 6.07) is 8.97. The molecule has 4 N–H and O–H groups in total. The zero-order valence-electron chi connectivity index (χ0n) is 15.5. The van der Waals surface area contributed by atoms with Crippen LogP contribution in [-0.2, 0) is 11.2 Å². The lowest BCUT2D eigenvalue weighted by atomic mass is 9.90. The Hall–Kier alpha value is -1.07. The number of aliphatic hydroxyl groups is 4. The maximum absolute atomic E-state index is 10.4. The molecule has 0 saturated carbocycles. The second kappa shape index (κ2) is 9.20. The summed E-state index contributed by atoms with van der Waals surface area (Å²) in [5.74, 6) is 0. The van der Waals surface area contributed by atoms with Gasteiger partial charge >= 0.3 is 0 Å². The van der Waals surface area contributed by atoms with Gasteiger partial charge in [-0.2, -0.15) is 0 Å². The van der Waals surface area contributed by atoms with Gasteiger partial charge in [0.2, 0.25) is 0 Å². The number of aliphatic hydroxyl groups excluding tert-OH is 4. The lowest BCUT2D eigenvalue weighted by molar-refractivity contribution is -0.231. The van der Waals surface area contributed by atoms with E-state index in [2.05, 4.69) is 4.98 Å². The van der Waals surface area contributed by atoms with E-state index in [1.165, 1.54) is 11.3 Å². The predicted octanol–water partition coefficient (Wildman–Crippen LogP) is 3.28. The molecule has 0 radical (unpaired) electrons. The molecular formula is C20H19Cl2NO5S2. The van der Waals surface area contributed by atoms with E-state index in [1.54, 1.807) is 35.7 Å². The molecule has 2 aromatic heterocycles. The molecule has 3 aromatic rings. The average Bonchev–Trinajstić information content (AvgIpc) is 3.37. The number of benzene rings is 1. The summed E-state index contributed by atoms with van der Waals surface area (Å²) < 4.78 is 6.36. The van der Waals surface area contributed by atoms with Gasteiger partial charge in [0.05, 0.1) is 15.8 Å². The van der Waals surface area contributed by atoms with Crippen LogP contribution in [0.2, 0.25) is 9.36 Å². The molecule has 0 amide bonds. The van der Waals surface area contributed by atoms with E-state index in [0.717, 1.165) is 20.3 Å². The van der Waals surface area contributed by atoms with Crippen molar-refractivity contribution in [2.75, 3.05) is 6.61 Å². The smallest absolute Gasteiger partial charge is 0.133 e. The van der Waals surface area contributed by atoms with Crippen LogP contribution in [0.5, 0.6) is 0 Å². The number of halogens is 2. The zero-order valence-corrected chi connectivity index (χ0v) is 18.6. The van der Waals surface area contributed by atoms with Crippen molar-refractivity contribution in [3.05, 3.63) is 61.9 Å². The molecule has 0 unspecified atom stereocenters. The van der Waals surface area contributed by atoms with Gasteiger partial charge in [0.15, 0.2) is 0 Å². The first kappa shape index (κ1) is 22.1. The topological polar surface area (TPSA) is 103 Å². The molecule has 4 rings (SSSR count). The highest BCUT2D eigenvalue weighted by atomic mass is 35.5. The molecule has 160 valence electrons. The molecular weight excluding hydrogens is 469 g/mol. The molecule has 1 aliphatic heterocycles. The summed E-state index contributed by atoms with van der Waals surface area (Å²) in [5.41, 5.74) is 1.41. The number of hydrogen-bond acceptors (Lipinski definition) is 8. The van der Waals surface area contributed by atoms with Crippen molar-refractivity contribution >= 4 is 45.9 Å². The Morgan fingerprint density at radius 3 is 2.50 bits per heavy atom. The third-order valence-corrected chi connectivity index (χ3v) is 7.76. The molecule has 1 fully saturated rings. The highest BCUT2D eigenvalue weighted by molar-refractivity contribution is 7.23. The lowest BCUT2D eigenvalue weighted by Gasteiger charge is -2.40. The van der Waals surface area contributed by atoms with Crippen molar-refractivity contribution in [2.24, 2.45) is 0 Å². The fourth-order valence-corrected chi connectivity index (χ4v) is 5.63. The summed E-state index contributed by atoms with van der Waals surface area (Å²) >= 11 is 15.4. The Bertz CT molecular complexity index is 1020. The van der Waals surface area contributed by atoms with Gasteiger partial charge in [0.25, 0.3) is 0 Å². The van der Waals surface area contributed by atoms with Gasteiger partial charge in [-0.25, -0.2) is 4.98 Å². The summed E-state index contributed by atoms with van der Waals surface area (Å²) in [5, 5.41) is 41.3. The number of ether oxygens (including phenoxy) is 1. The van der Waals surface area contributed by atoms with E-state index in [4.69, 9.17) is 27.9 Å². The predicted molar refractivity (Wildman–Crippen MR) is 117 cm³/mol. The fourth-order valence-electron chi connectivity index (χ4n) is 3.40. The van der Waals surface area contributed by atoms with Crippen LogP contribution in [0.4, 0.5) is 0 Å². The second-order valence-corrected chi connectivity index (χ2v) is 10.3. The van der Waals surface area contributed by atoms with Crippen molar-refractivity contribution in [3.8, 4) is 9.88 Å². The molecule has 1 aromatic carbocycles. The largest absolute Gasteiger partial charge is 0.394 e. The maximum atomic E-state index is 10.4. The Morgan fingerprint density at radius 1 is 1.00 bits per heavy atom. The van der Waals surface area contributed by atoms with Crippen LogP contribution in [0.3, 0.4) is 0 Å². The van der Waals surface area contributed by atoms with E-state index in [-0.39, 0.29) is 0 Å². The summed E-state index contributed by atoms with van der Waals surface area (Å²) in [6.45, 7) is -0.474. The third-order valence-electron chi connectivity index (χ3n) is 4.99. The van der Waals surface area contributed by atoms with Crippen LogP contribution >= 0.6 is 45.9 Å². The first-order valence-corrected chi connectivity index (χ1v) is 11.6. The fraction of sp³-hybridized carbons (Fsp3) is 0.350. The van der Waals surface area contributed by atoms with E-state index in [1.807, 2.05) is 12.1 Å². The van der Waals surface area contributed by atoms with Gasteiger partial charge in [0.1, 0.15) is 35.5 Å². The SMILES string of the molecule is OC[C@H]1O[C@@H](c2ccc(Cl)c(Cc3cnc(-c4ccc(Cl)s4)s3)c2)[C@H](O)[C@@H](O)[C@@H]1O. The zero-order chi connectivity index (χ0) is 21.4. The van der Waals surface area contributed by atoms with Crippen molar-refractivity contribution in [1.82, 2.24) is 4.98 Å². The Labute approximate surface area is 190 Å². The molecule has 0 bridgehead atoms. The lowest BCUT2D eigenvalue weighted by Crippen LogP contribution is -2.55. The van der Waals surface area contributed by atoms with Gasteiger partial charge < -0.3 is 25.2 Å². The summed E-state index contributed by atoms with van der Waals surface area (Å²) in [7, 11) is 0. The van der Waals surface area contributed by atoms with Crippen LogP contribution in [0.15, 0.2) is 36.5 Å². The normalized spacial score (nSPS) is 26.8. The Kier molecular flexibility index (Phi) is 6.79. The first-order chi connectivity index (χ1) is 14.4. The Balaban J connectivity index is 1.57. The minimum Gasteiger partial charge on any atom is -0.394 e. The van der Waals surface area contributed by atoms with Crippen LogP contribution in [0, 0.1) is 0 Å². The van der Waals surface area contributed by atoms with Crippen LogP contribution in [0.1, 0.15) is 22.1 Å². The van der Waals surface area contributed by atoms with Crippen molar-refractivity contribution in [2.45, 2.75) is 36.9 Å². The summed E-state index contributed by atoms with van der Waals surface area (Å²) in [6.07, 6.45) is -3.70. The first-order valence-electron chi connectivity index (χ1n) is 9.16. The van der Waals surface area contributed by atoms with Crippen LogP contribution < -0.4 is 0 Å².